The van der Waals surface area contributed by atoms with E-state index in [-0.39, 0.29) is 5.69 Å². The van der Waals surface area contributed by atoms with Gasteiger partial charge in [-0.05, 0) is 24.8 Å². The SMILES string of the molecule is O=C(N[C@@H]1CCCc2cn(CC(F)(F)F)nc21)c1nccn2ccnc12. The summed E-state index contributed by atoms with van der Waals surface area (Å²) in [7, 11) is 0. The van der Waals surface area contributed by atoms with Gasteiger partial charge in [0.25, 0.3) is 5.91 Å². The first-order chi connectivity index (χ1) is 12.4. The first-order valence-corrected chi connectivity index (χ1v) is 8.12. The largest absolute Gasteiger partial charge is 0.408 e. The molecule has 1 amide bonds. The molecule has 10 heteroatoms. The average molecular weight is 364 g/mol. The number of nitrogens with one attached hydrogen (secondary N) is 1. The Balaban J connectivity index is 1.58. The maximum atomic E-state index is 12.6. The predicted molar refractivity (Wildman–Crippen MR) is 84.4 cm³/mol. The van der Waals surface area contributed by atoms with Gasteiger partial charge >= 0.3 is 6.18 Å². The molecule has 0 unspecified atom stereocenters. The lowest BCUT2D eigenvalue weighted by Crippen LogP contribution is -2.32. The molecule has 0 saturated carbocycles. The minimum Gasteiger partial charge on any atom is -0.342 e. The third kappa shape index (κ3) is 3.14. The van der Waals surface area contributed by atoms with Crippen molar-refractivity contribution in [3.63, 3.8) is 0 Å². The fraction of sp³-hybridized carbons (Fsp3) is 0.375. The molecule has 136 valence electrons. The Morgan fingerprint density at radius 3 is 2.81 bits per heavy atom. The van der Waals surface area contributed by atoms with Crippen LogP contribution >= 0.6 is 0 Å². The normalized spacial score (nSPS) is 17.3. The maximum absolute atomic E-state index is 12.6. The summed E-state index contributed by atoms with van der Waals surface area (Å²) < 4.78 is 40.4. The van der Waals surface area contributed by atoms with Gasteiger partial charge in [-0.25, -0.2) is 9.97 Å². The van der Waals surface area contributed by atoms with Crippen LogP contribution in [-0.4, -0.2) is 36.2 Å². The highest BCUT2D eigenvalue weighted by atomic mass is 19.4. The Kier molecular flexibility index (Phi) is 3.89. The van der Waals surface area contributed by atoms with Crippen LogP contribution in [0.4, 0.5) is 13.2 Å². The van der Waals surface area contributed by atoms with Gasteiger partial charge in [-0.3, -0.25) is 9.48 Å². The van der Waals surface area contributed by atoms with Gasteiger partial charge in [-0.2, -0.15) is 18.3 Å². The van der Waals surface area contributed by atoms with Crippen LogP contribution in [0.2, 0.25) is 0 Å². The van der Waals surface area contributed by atoms with E-state index in [0.717, 1.165) is 16.7 Å². The van der Waals surface area contributed by atoms with Crippen LogP contribution in [0.15, 0.2) is 31.0 Å². The van der Waals surface area contributed by atoms with E-state index in [1.807, 2.05) is 0 Å². The number of aromatic nitrogens is 5. The van der Waals surface area contributed by atoms with Crippen molar-refractivity contribution in [2.24, 2.45) is 0 Å². The van der Waals surface area contributed by atoms with E-state index in [1.54, 1.807) is 23.0 Å². The summed E-state index contributed by atoms with van der Waals surface area (Å²) in [5.74, 6) is -0.426. The Labute approximate surface area is 145 Å². The first kappa shape index (κ1) is 16.6. The van der Waals surface area contributed by atoms with E-state index in [0.29, 0.717) is 24.2 Å². The zero-order valence-corrected chi connectivity index (χ0v) is 13.6. The van der Waals surface area contributed by atoms with Crippen molar-refractivity contribution in [2.75, 3.05) is 0 Å². The molecule has 1 aliphatic rings. The molecule has 1 atom stereocenters. The van der Waals surface area contributed by atoms with Gasteiger partial charge in [0, 0.05) is 31.0 Å². The molecule has 4 rings (SSSR count). The third-order valence-corrected chi connectivity index (χ3v) is 4.31. The van der Waals surface area contributed by atoms with Crippen molar-refractivity contribution >= 4 is 11.6 Å². The summed E-state index contributed by atoms with van der Waals surface area (Å²) in [6, 6.07) is -0.447. The summed E-state index contributed by atoms with van der Waals surface area (Å²) in [4.78, 5) is 20.8. The molecule has 3 heterocycles. The van der Waals surface area contributed by atoms with Crippen LogP contribution in [0.3, 0.4) is 0 Å². The molecule has 26 heavy (non-hydrogen) atoms. The second kappa shape index (κ2) is 6.11. The van der Waals surface area contributed by atoms with E-state index in [2.05, 4.69) is 20.4 Å². The van der Waals surface area contributed by atoms with Gasteiger partial charge in [0.05, 0.1) is 11.7 Å². The molecule has 0 aliphatic heterocycles. The molecule has 0 spiro atoms. The molecule has 1 aliphatic carbocycles. The van der Waals surface area contributed by atoms with Crippen LogP contribution in [0.5, 0.6) is 0 Å². The van der Waals surface area contributed by atoms with E-state index in [9.17, 15) is 18.0 Å². The fourth-order valence-electron chi connectivity index (χ4n) is 3.24. The molecule has 3 aromatic heterocycles. The smallest absolute Gasteiger partial charge is 0.342 e. The summed E-state index contributed by atoms with van der Waals surface area (Å²) in [6.45, 7) is -1.14. The number of aryl methyl sites for hydroxylation is 1. The second-order valence-corrected chi connectivity index (χ2v) is 6.20. The summed E-state index contributed by atoms with van der Waals surface area (Å²) in [5.41, 5.74) is 1.81. The van der Waals surface area contributed by atoms with Gasteiger partial charge in [0.1, 0.15) is 6.54 Å². The van der Waals surface area contributed by atoms with E-state index in [1.165, 1.54) is 12.4 Å². The molecule has 0 aromatic carbocycles. The number of imidazole rings is 1. The third-order valence-electron chi connectivity index (χ3n) is 4.31. The molecule has 0 bridgehead atoms. The quantitative estimate of drug-likeness (QED) is 0.774. The highest BCUT2D eigenvalue weighted by molar-refractivity contribution is 5.97. The number of hydrogen-bond acceptors (Lipinski definition) is 4. The lowest BCUT2D eigenvalue weighted by atomic mass is 9.93. The summed E-state index contributed by atoms with van der Waals surface area (Å²) in [5, 5.41) is 6.89. The number of nitrogens with zero attached hydrogens (tertiary/aromatic N) is 5. The number of hydrogen-bond donors (Lipinski definition) is 1. The Bertz CT molecular complexity index is 960. The molecular formula is C16H15F3N6O. The Hall–Kier alpha value is -2.91. The van der Waals surface area contributed by atoms with Gasteiger partial charge < -0.3 is 9.72 Å². The number of amides is 1. The second-order valence-electron chi connectivity index (χ2n) is 6.20. The standard InChI is InChI=1S/C16H15F3N6O/c17-16(18,19)9-25-8-10-2-1-3-11(12(10)23-25)22-15(26)13-14-21-5-7-24(14)6-4-20-13/h4-8,11H,1-3,9H2,(H,22,26)/t11-/m1/s1. The van der Waals surface area contributed by atoms with Gasteiger partial charge in [0.2, 0.25) is 0 Å². The van der Waals surface area contributed by atoms with Gasteiger partial charge in [0.15, 0.2) is 11.3 Å². The fourth-order valence-corrected chi connectivity index (χ4v) is 3.24. The van der Waals surface area contributed by atoms with Crippen LogP contribution in [0, 0.1) is 0 Å². The van der Waals surface area contributed by atoms with Crippen LogP contribution in [0.1, 0.15) is 40.6 Å². The van der Waals surface area contributed by atoms with E-state index < -0.39 is 24.7 Å². The lowest BCUT2D eigenvalue weighted by molar-refractivity contribution is -0.142. The van der Waals surface area contributed by atoms with Crippen molar-refractivity contribution < 1.29 is 18.0 Å². The number of rotatable bonds is 3. The topological polar surface area (TPSA) is 77.1 Å². The monoisotopic (exact) mass is 364 g/mol. The maximum Gasteiger partial charge on any atom is 0.408 e. The first-order valence-electron chi connectivity index (χ1n) is 8.12. The molecule has 0 radical (unpaired) electrons. The zero-order valence-electron chi connectivity index (χ0n) is 13.6. The lowest BCUT2D eigenvalue weighted by Gasteiger charge is -2.22. The van der Waals surface area contributed by atoms with Crippen molar-refractivity contribution in [1.82, 2.24) is 29.5 Å². The summed E-state index contributed by atoms with van der Waals surface area (Å²) in [6.07, 6.45) is 5.52. The van der Waals surface area contributed by atoms with Crippen LogP contribution < -0.4 is 5.32 Å². The van der Waals surface area contributed by atoms with Crippen LogP contribution in [0.25, 0.3) is 5.65 Å². The number of fused-ring (bicyclic) bond motifs is 2. The van der Waals surface area contributed by atoms with Gasteiger partial charge in [-0.15, -0.1) is 0 Å². The van der Waals surface area contributed by atoms with Crippen molar-refractivity contribution in [1.29, 1.82) is 0 Å². The minimum atomic E-state index is -4.34. The number of carbonyl (C=O) groups is 1. The van der Waals surface area contributed by atoms with Crippen molar-refractivity contribution in [3.8, 4) is 0 Å². The molecule has 1 N–H and O–H groups in total. The summed E-state index contributed by atoms with van der Waals surface area (Å²) >= 11 is 0. The molecular weight excluding hydrogens is 349 g/mol. The van der Waals surface area contributed by atoms with Crippen molar-refractivity contribution in [2.45, 2.75) is 38.0 Å². The van der Waals surface area contributed by atoms with Crippen LogP contribution in [-0.2, 0) is 13.0 Å². The number of halogens is 3. The van der Waals surface area contributed by atoms with Gasteiger partial charge in [-0.1, -0.05) is 0 Å². The molecule has 3 aromatic rings. The molecule has 7 nitrogen and oxygen atoms in total. The van der Waals surface area contributed by atoms with Crippen molar-refractivity contribution in [3.05, 3.63) is 47.9 Å². The highest BCUT2D eigenvalue weighted by Crippen LogP contribution is 2.30. The highest BCUT2D eigenvalue weighted by Gasteiger charge is 2.31. The minimum absolute atomic E-state index is 0.166. The predicted octanol–water partition coefficient (Wildman–Crippen LogP) is 2.30. The Morgan fingerprint density at radius 1 is 1.27 bits per heavy atom. The number of carbonyl (C=O) groups excluding carboxylic acids is 1. The molecule has 0 saturated heterocycles. The average Bonchev–Trinajstić information content (AvgIpc) is 3.19. The Morgan fingerprint density at radius 2 is 2.04 bits per heavy atom. The molecule has 0 fully saturated rings. The zero-order chi connectivity index (χ0) is 18.3. The van der Waals surface area contributed by atoms with E-state index >= 15 is 0 Å². The number of alkyl halides is 3. The van der Waals surface area contributed by atoms with E-state index in [4.69, 9.17) is 0 Å².